The predicted molar refractivity (Wildman–Crippen MR) is 129 cm³/mol. The number of hydrogen-bond donors (Lipinski definition) is 1. The van der Waals surface area contributed by atoms with Gasteiger partial charge in [0.2, 0.25) is 0 Å². The van der Waals surface area contributed by atoms with Crippen molar-refractivity contribution in [3.8, 4) is 0 Å². The molecule has 0 heterocycles. The van der Waals surface area contributed by atoms with Crippen LogP contribution in [-0.4, -0.2) is 17.0 Å². The number of aliphatic hydroxyl groups is 1. The number of rotatable bonds is 6. The van der Waals surface area contributed by atoms with Crippen molar-refractivity contribution in [2.24, 2.45) is 52.3 Å². The maximum Gasteiger partial charge on any atom is 0.155 e. The Bertz CT molecular complexity index is 708. The fourth-order valence-corrected chi connectivity index (χ4v) is 9.17. The minimum Gasteiger partial charge on any atom is -0.393 e. The van der Waals surface area contributed by atoms with E-state index >= 15 is 0 Å². The molecule has 2 nitrogen and oxygen atoms in total. The van der Waals surface area contributed by atoms with E-state index in [-0.39, 0.29) is 11.5 Å². The molecule has 0 aromatic heterocycles. The minimum atomic E-state index is -0.159. The van der Waals surface area contributed by atoms with Gasteiger partial charge in [-0.3, -0.25) is 4.79 Å². The Hall–Kier alpha value is -0.630. The van der Waals surface area contributed by atoms with E-state index in [1.165, 1.54) is 44.1 Å². The van der Waals surface area contributed by atoms with Gasteiger partial charge < -0.3 is 5.11 Å². The Morgan fingerprint density at radius 1 is 1.03 bits per heavy atom. The van der Waals surface area contributed by atoms with Crippen LogP contribution in [0.25, 0.3) is 0 Å². The quantitative estimate of drug-likeness (QED) is 0.485. The Balaban J connectivity index is 1.51. The standard InChI is InChI=1S/C29H48O2/c1-7-20(18(2)3)16-27(31)19(4)24-10-11-25-23-9-8-21-17-22(30)12-14-28(21,5)26(23)13-15-29(24,25)6/h17-20,23-27,31H,7-16H2,1-6H3/t19-,20?,23?,24+,25?,26?,27+,28-,29+/m0/s1. The summed E-state index contributed by atoms with van der Waals surface area (Å²) in [4.78, 5) is 12.1. The van der Waals surface area contributed by atoms with E-state index in [1.54, 1.807) is 0 Å². The molecule has 4 aliphatic carbocycles. The Labute approximate surface area is 191 Å². The van der Waals surface area contributed by atoms with Crippen LogP contribution in [0.4, 0.5) is 0 Å². The first-order valence-electron chi connectivity index (χ1n) is 13.5. The smallest absolute Gasteiger partial charge is 0.155 e. The molecule has 0 bridgehead atoms. The SMILES string of the molecule is CCC(C[C@@H](O)[C@@H](C)[C@H]1CCC2C3CCC4=CC(=O)CC[C@]4(C)C3CC[C@@]21C)C(C)C. The molecule has 0 aliphatic heterocycles. The second-order valence-corrected chi connectivity index (χ2v) is 12.8. The highest BCUT2D eigenvalue weighted by Gasteiger charge is 2.59. The first kappa shape index (κ1) is 23.5. The zero-order valence-electron chi connectivity index (χ0n) is 21.1. The zero-order chi connectivity index (χ0) is 22.6. The summed E-state index contributed by atoms with van der Waals surface area (Å²) in [7, 11) is 0. The van der Waals surface area contributed by atoms with Gasteiger partial charge in [-0.2, -0.15) is 0 Å². The summed E-state index contributed by atoms with van der Waals surface area (Å²) in [6.45, 7) is 14.3. The molecule has 4 rings (SSSR count). The average Bonchev–Trinajstić information content (AvgIpc) is 3.08. The van der Waals surface area contributed by atoms with Crippen molar-refractivity contribution in [1.29, 1.82) is 0 Å². The van der Waals surface area contributed by atoms with Crippen molar-refractivity contribution in [3.63, 3.8) is 0 Å². The van der Waals surface area contributed by atoms with Crippen molar-refractivity contribution in [2.75, 3.05) is 0 Å². The van der Waals surface area contributed by atoms with Crippen LogP contribution in [0.1, 0.15) is 106 Å². The lowest BCUT2D eigenvalue weighted by Crippen LogP contribution is -2.51. The van der Waals surface area contributed by atoms with Crippen molar-refractivity contribution in [1.82, 2.24) is 0 Å². The molecule has 0 spiro atoms. The van der Waals surface area contributed by atoms with Gasteiger partial charge in [-0.25, -0.2) is 0 Å². The molecule has 0 amide bonds. The fraction of sp³-hybridized carbons (Fsp3) is 0.897. The molecular formula is C29H48O2. The maximum absolute atomic E-state index is 12.1. The summed E-state index contributed by atoms with van der Waals surface area (Å²) >= 11 is 0. The summed E-state index contributed by atoms with van der Waals surface area (Å²) in [6.07, 6.45) is 13.6. The van der Waals surface area contributed by atoms with Crippen LogP contribution < -0.4 is 0 Å². The monoisotopic (exact) mass is 428 g/mol. The molecule has 176 valence electrons. The third-order valence-electron chi connectivity index (χ3n) is 11.3. The van der Waals surface area contributed by atoms with E-state index in [9.17, 15) is 9.90 Å². The van der Waals surface area contributed by atoms with Gasteiger partial charge in [0.1, 0.15) is 0 Å². The summed E-state index contributed by atoms with van der Waals surface area (Å²) in [5, 5.41) is 11.2. The molecule has 3 fully saturated rings. The van der Waals surface area contributed by atoms with Crippen molar-refractivity contribution < 1.29 is 9.90 Å². The van der Waals surface area contributed by atoms with Crippen LogP contribution in [0, 0.1) is 52.3 Å². The van der Waals surface area contributed by atoms with Gasteiger partial charge >= 0.3 is 0 Å². The fourth-order valence-electron chi connectivity index (χ4n) is 9.17. The van der Waals surface area contributed by atoms with Gasteiger partial charge in [-0.05, 0) is 110 Å². The van der Waals surface area contributed by atoms with E-state index in [0.29, 0.717) is 34.9 Å². The normalized spacial score (nSPS) is 43.0. The third-order valence-corrected chi connectivity index (χ3v) is 11.3. The highest BCUT2D eigenvalue weighted by molar-refractivity contribution is 5.91. The Morgan fingerprint density at radius 3 is 2.45 bits per heavy atom. The number of aliphatic hydroxyl groups excluding tert-OH is 1. The number of ketones is 1. The van der Waals surface area contributed by atoms with Gasteiger partial charge in [0.05, 0.1) is 6.10 Å². The molecule has 31 heavy (non-hydrogen) atoms. The van der Waals surface area contributed by atoms with Crippen LogP contribution in [0.2, 0.25) is 0 Å². The Kier molecular flexibility index (Phi) is 6.54. The molecule has 4 aliphatic rings. The van der Waals surface area contributed by atoms with Gasteiger partial charge in [0.25, 0.3) is 0 Å². The van der Waals surface area contributed by atoms with Gasteiger partial charge in [-0.1, -0.05) is 53.5 Å². The summed E-state index contributed by atoms with van der Waals surface area (Å²) < 4.78 is 0. The predicted octanol–water partition coefficient (Wildman–Crippen LogP) is 7.20. The number of allylic oxidation sites excluding steroid dienone is 1. The molecule has 4 unspecified atom stereocenters. The lowest BCUT2D eigenvalue weighted by Gasteiger charge is -2.58. The van der Waals surface area contributed by atoms with Crippen LogP contribution >= 0.6 is 0 Å². The number of hydrogen-bond acceptors (Lipinski definition) is 2. The average molecular weight is 429 g/mol. The third kappa shape index (κ3) is 3.87. The molecule has 0 saturated heterocycles. The van der Waals surface area contributed by atoms with Crippen LogP contribution in [-0.2, 0) is 4.79 Å². The van der Waals surface area contributed by atoms with Crippen molar-refractivity contribution in [3.05, 3.63) is 11.6 Å². The summed E-state index contributed by atoms with van der Waals surface area (Å²) in [5.74, 6) is 5.12. The molecule has 1 N–H and O–H groups in total. The molecule has 0 aromatic carbocycles. The first-order chi connectivity index (χ1) is 14.6. The van der Waals surface area contributed by atoms with Crippen LogP contribution in [0.15, 0.2) is 11.6 Å². The van der Waals surface area contributed by atoms with Crippen LogP contribution in [0.5, 0.6) is 0 Å². The highest BCUT2D eigenvalue weighted by atomic mass is 16.3. The molecule has 9 atom stereocenters. The Morgan fingerprint density at radius 2 is 1.77 bits per heavy atom. The molecule has 2 heteroatoms. The molecule has 3 saturated carbocycles. The highest BCUT2D eigenvalue weighted by Crippen LogP contribution is 2.67. The first-order valence-corrected chi connectivity index (χ1v) is 13.5. The van der Waals surface area contributed by atoms with Crippen LogP contribution in [0.3, 0.4) is 0 Å². The van der Waals surface area contributed by atoms with E-state index in [0.717, 1.165) is 43.4 Å². The number of fused-ring (bicyclic) bond motifs is 5. The molecule has 0 aromatic rings. The van der Waals surface area contributed by atoms with Gasteiger partial charge in [0.15, 0.2) is 5.78 Å². The minimum absolute atomic E-state index is 0.159. The lowest BCUT2D eigenvalue weighted by atomic mass is 9.46. The summed E-state index contributed by atoms with van der Waals surface area (Å²) in [5.41, 5.74) is 2.14. The van der Waals surface area contributed by atoms with E-state index in [4.69, 9.17) is 0 Å². The molecule has 0 radical (unpaired) electrons. The number of carbonyl (C=O) groups excluding carboxylic acids is 1. The summed E-state index contributed by atoms with van der Waals surface area (Å²) in [6, 6.07) is 0. The van der Waals surface area contributed by atoms with E-state index in [1.807, 2.05) is 6.08 Å². The van der Waals surface area contributed by atoms with E-state index in [2.05, 4.69) is 41.5 Å². The molecular weight excluding hydrogens is 380 g/mol. The largest absolute Gasteiger partial charge is 0.393 e. The second-order valence-electron chi connectivity index (χ2n) is 12.8. The van der Waals surface area contributed by atoms with Crippen molar-refractivity contribution in [2.45, 2.75) is 112 Å². The van der Waals surface area contributed by atoms with E-state index < -0.39 is 0 Å². The lowest BCUT2D eigenvalue weighted by molar-refractivity contribution is -0.117. The maximum atomic E-state index is 12.1. The second kappa shape index (κ2) is 8.62. The zero-order valence-corrected chi connectivity index (χ0v) is 21.1. The van der Waals surface area contributed by atoms with Gasteiger partial charge in [-0.15, -0.1) is 0 Å². The van der Waals surface area contributed by atoms with Crippen molar-refractivity contribution >= 4 is 5.78 Å². The topological polar surface area (TPSA) is 37.3 Å². The number of carbonyl (C=O) groups is 1. The van der Waals surface area contributed by atoms with Gasteiger partial charge in [0, 0.05) is 6.42 Å².